The van der Waals surface area contributed by atoms with Gasteiger partial charge in [0, 0.05) is 38.3 Å². The van der Waals surface area contributed by atoms with Crippen LogP contribution in [0.3, 0.4) is 0 Å². The van der Waals surface area contributed by atoms with E-state index in [-0.39, 0.29) is 11.8 Å². The molecule has 1 fully saturated rings. The molecular weight excluding hydrogens is 439 g/mol. The Morgan fingerprint density at radius 2 is 1.74 bits per heavy atom. The molecule has 1 heterocycles. The van der Waals surface area contributed by atoms with Crippen LogP contribution >= 0.6 is 0 Å². The number of nitrogens with zero attached hydrogens (tertiary/aromatic N) is 2. The van der Waals surface area contributed by atoms with Crippen LogP contribution in [-0.4, -0.2) is 64.2 Å². The number of carbonyl (C=O) groups excluding carboxylic acids is 1. The summed E-state index contributed by atoms with van der Waals surface area (Å²) in [6.45, 7) is 14.6. The van der Waals surface area contributed by atoms with Crippen molar-refractivity contribution in [2.24, 2.45) is 0 Å². The zero-order valence-corrected chi connectivity index (χ0v) is 20.8. The first-order valence-electron chi connectivity index (χ1n) is 10.1. The Hall–Kier alpha value is -2.09. The third-order valence-corrected chi connectivity index (χ3v) is 5.44. The van der Waals surface area contributed by atoms with E-state index in [1.807, 2.05) is 26.8 Å². The third-order valence-electron chi connectivity index (χ3n) is 4.17. The summed E-state index contributed by atoms with van der Waals surface area (Å²) in [6, 6.07) is 4.77. The molecule has 0 aromatic heterocycles. The van der Waals surface area contributed by atoms with Crippen LogP contribution in [0.5, 0.6) is 5.75 Å². The van der Waals surface area contributed by atoms with Crippen molar-refractivity contribution in [1.29, 1.82) is 0 Å². The van der Waals surface area contributed by atoms with Crippen molar-refractivity contribution in [3.05, 3.63) is 29.3 Å². The van der Waals surface area contributed by atoms with Gasteiger partial charge in [0.1, 0.15) is 19.4 Å². The summed E-state index contributed by atoms with van der Waals surface area (Å²) in [6.07, 6.45) is -0.334. The monoisotopic (exact) mass is 470 g/mol. The average molecular weight is 471 g/mol. The summed E-state index contributed by atoms with van der Waals surface area (Å²) in [5, 5.41) is 0. The fourth-order valence-corrected chi connectivity index (χ4v) is 3.77. The first kappa shape index (κ1) is 25.2. The topological polar surface area (TPSA) is 76.2 Å². The lowest BCUT2D eigenvalue weighted by Crippen LogP contribution is -2.49. The highest BCUT2D eigenvalue weighted by molar-refractivity contribution is 7.81. The van der Waals surface area contributed by atoms with Crippen molar-refractivity contribution in [1.82, 2.24) is 9.80 Å². The van der Waals surface area contributed by atoms with E-state index in [9.17, 15) is 17.1 Å². The maximum Gasteiger partial charge on any atom is 0.488 e. The average Bonchev–Trinajstić information content (AvgIpc) is 2.57. The van der Waals surface area contributed by atoms with Crippen molar-refractivity contribution in [2.75, 3.05) is 26.2 Å². The second-order valence-corrected chi connectivity index (χ2v) is 15.3. The molecule has 0 bridgehead atoms. The smallest absolute Gasteiger partial charge is 0.444 e. The summed E-state index contributed by atoms with van der Waals surface area (Å²) in [5.74, 6) is 2.95. The first-order chi connectivity index (χ1) is 14.1. The van der Waals surface area contributed by atoms with Gasteiger partial charge in [-0.25, -0.2) is 4.79 Å². The third kappa shape index (κ3) is 9.72. The molecule has 1 aliphatic rings. The van der Waals surface area contributed by atoms with Gasteiger partial charge < -0.3 is 13.8 Å². The van der Waals surface area contributed by atoms with Crippen LogP contribution in [0.2, 0.25) is 19.6 Å². The van der Waals surface area contributed by atoms with Crippen molar-refractivity contribution in [3.8, 4) is 17.2 Å². The van der Waals surface area contributed by atoms with Crippen LogP contribution in [0, 0.1) is 11.5 Å². The predicted molar refractivity (Wildman–Crippen MR) is 120 cm³/mol. The number of rotatable bonds is 4. The highest BCUT2D eigenvalue weighted by Gasteiger charge is 2.26. The number of ether oxygens (including phenoxy) is 1. The van der Waals surface area contributed by atoms with Crippen LogP contribution in [0.15, 0.2) is 18.2 Å². The van der Waals surface area contributed by atoms with Gasteiger partial charge in [-0.05, 0) is 44.5 Å². The second-order valence-electron chi connectivity index (χ2n) is 9.59. The lowest BCUT2D eigenvalue weighted by atomic mass is 10.1. The van der Waals surface area contributed by atoms with Crippen molar-refractivity contribution in [2.45, 2.75) is 52.6 Å². The molecule has 1 saturated heterocycles. The van der Waals surface area contributed by atoms with Crippen LogP contribution in [0.1, 0.15) is 31.9 Å². The summed E-state index contributed by atoms with van der Waals surface area (Å²) in [5.41, 5.74) is 4.00. The van der Waals surface area contributed by atoms with E-state index < -0.39 is 24.2 Å². The molecule has 1 aromatic rings. The van der Waals surface area contributed by atoms with E-state index in [4.69, 9.17) is 4.74 Å². The highest BCUT2D eigenvalue weighted by atomic mass is 32.3. The van der Waals surface area contributed by atoms with E-state index >= 15 is 0 Å². The maximum absolute atomic E-state index is 13.1. The molecule has 172 valence electrons. The number of hydrogen-bond acceptors (Lipinski definition) is 6. The molecule has 1 amide bonds. The summed E-state index contributed by atoms with van der Waals surface area (Å²) in [4.78, 5) is 16.0. The molecule has 1 aliphatic heterocycles. The van der Waals surface area contributed by atoms with Crippen molar-refractivity contribution >= 4 is 24.7 Å². The number of amides is 1. The van der Waals surface area contributed by atoms with Gasteiger partial charge in [-0.2, -0.15) is 8.42 Å². The zero-order valence-electron chi connectivity index (χ0n) is 19.0. The molecule has 2 rings (SSSR count). The fourth-order valence-electron chi connectivity index (χ4n) is 2.92. The Balaban J connectivity index is 2.12. The lowest BCUT2D eigenvalue weighted by Gasteiger charge is -2.35. The predicted octanol–water partition coefficient (Wildman–Crippen LogP) is 3.56. The normalized spacial score (nSPS) is 15.8. The summed E-state index contributed by atoms with van der Waals surface area (Å²) < 4.78 is 44.8. The molecule has 7 nitrogen and oxygen atoms in total. The Morgan fingerprint density at radius 1 is 1.13 bits per heavy atom. The number of benzene rings is 1. The maximum atomic E-state index is 13.1. The standard InChI is InChI=1S/C21H31FN2O5SSi/c1-21(2,3)28-20(25)24-10-8-23(9-11-24)16-18-13-17(7-12-31(4,5)6)14-19(15-18)29-30(22,26)27/h13-15H,8-11,16H2,1-6H3. The summed E-state index contributed by atoms with van der Waals surface area (Å²) >= 11 is 0. The van der Waals surface area contributed by atoms with Crippen molar-refractivity contribution < 1.29 is 26.0 Å². The number of hydrogen-bond donors (Lipinski definition) is 0. The van der Waals surface area contributed by atoms with Gasteiger partial charge in [-0.3, -0.25) is 4.90 Å². The van der Waals surface area contributed by atoms with Gasteiger partial charge in [-0.1, -0.05) is 29.4 Å². The number of halogens is 1. The summed E-state index contributed by atoms with van der Waals surface area (Å²) in [7, 11) is -6.78. The van der Waals surface area contributed by atoms with Gasteiger partial charge in [0.15, 0.2) is 0 Å². The quantitative estimate of drug-likeness (QED) is 0.380. The Morgan fingerprint density at radius 3 is 2.26 bits per heavy atom. The molecule has 0 saturated carbocycles. The van der Waals surface area contributed by atoms with Crippen LogP contribution in [0.4, 0.5) is 8.68 Å². The molecule has 31 heavy (non-hydrogen) atoms. The van der Waals surface area contributed by atoms with E-state index in [0.29, 0.717) is 38.3 Å². The van der Waals surface area contributed by atoms with Gasteiger partial charge in [-0.15, -0.1) is 5.54 Å². The molecule has 0 unspecified atom stereocenters. The van der Waals surface area contributed by atoms with Crippen LogP contribution in [0.25, 0.3) is 0 Å². The minimum atomic E-state index is -5.13. The number of piperazine rings is 1. The Labute approximate surface area is 185 Å². The van der Waals surface area contributed by atoms with Crippen LogP contribution in [-0.2, 0) is 21.8 Å². The first-order valence-corrected chi connectivity index (χ1v) is 14.9. The second kappa shape index (κ2) is 9.59. The molecular formula is C21H31FN2O5SSi. The molecule has 10 heteroatoms. The van der Waals surface area contributed by atoms with E-state index in [2.05, 4.69) is 40.2 Å². The molecule has 0 N–H and O–H groups in total. The van der Waals surface area contributed by atoms with Gasteiger partial charge in [0.2, 0.25) is 0 Å². The molecule has 0 aliphatic carbocycles. The van der Waals surface area contributed by atoms with Gasteiger partial charge in [0.05, 0.1) is 0 Å². The largest absolute Gasteiger partial charge is 0.488 e. The van der Waals surface area contributed by atoms with Gasteiger partial charge in [0.25, 0.3) is 0 Å². The van der Waals surface area contributed by atoms with E-state index in [1.54, 1.807) is 4.90 Å². The molecule has 0 spiro atoms. The lowest BCUT2D eigenvalue weighted by molar-refractivity contribution is 0.0139. The fraction of sp³-hybridized carbons (Fsp3) is 0.571. The van der Waals surface area contributed by atoms with E-state index in [1.165, 1.54) is 12.1 Å². The van der Waals surface area contributed by atoms with E-state index in [0.717, 1.165) is 5.56 Å². The minimum absolute atomic E-state index is 0.104. The van der Waals surface area contributed by atoms with Crippen molar-refractivity contribution in [3.63, 3.8) is 0 Å². The molecule has 1 aromatic carbocycles. The highest BCUT2D eigenvalue weighted by Crippen LogP contribution is 2.21. The number of carbonyl (C=O) groups is 1. The molecule has 0 atom stereocenters. The van der Waals surface area contributed by atoms with Gasteiger partial charge >= 0.3 is 16.6 Å². The minimum Gasteiger partial charge on any atom is -0.444 e. The van der Waals surface area contributed by atoms with Crippen LogP contribution < -0.4 is 4.18 Å². The Bertz CT molecular complexity index is 966. The molecule has 0 radical (unpaired) electrons. The SMILES string of the molecule is CC(C)(C)OC(=O)N1CCN(Cc2cc(C#C[Si](C)(C)C)cc(OS(=O)(=O)F)c2)CC1. The Kier molecular flexibility index (Phi) is 7.78. The zero-order chi connectivity index (χ0) is 23.4.